The van der Waals surface area contributed by atoms with Crippen molar-refractivity contribution in [2.24, 2.45) is 7.05 Å². The monoisotopic (exact) mass is 280 g/mol. The maximum Gasteiger partial charge on any atom is 0.334 e. The lowest BCUT2D eigenvalue weighted by molar-refractivity contribution is -0.384. The fraction of sp³-hybridized carbons (Fsp3) is 0.600. The van der Waals surface area contributed by atoms with E-state index in [2.05, 4.69) is 31.0 Å². The first-order chi connectivity index (χ1) is 9.41. The highest BCUT2D eigenvalue weighted by atomic mass is 16.6. The number of hydrogen-bond donors (Lipinski definition) is 2. The number of nitro groups is 1. The van der Waals surface area contributed by atoms with E-state index >= 15 is 0 Å². The Hall–Kier alpha value is -2.52. The Morgan fingerprint density at radius 1 is 1.40 bits per heavy atom. The van der Waals surface area contributed by atoms with Crippen molar-refractivity contribution in [1.29, 1.82) is 0 Å². The lowest BCUT2D eigenvalue weighted by Gasteiger charge is -2.10. The predicted octanol–water partition coefficient (Wildman–Crippen LogP) is 1.14. The standard InChI is InChI=1S/C10H16N8O2/c1-5(2)7-8(18(19)20)10(17(4)14-7)11-6(3)9-12-15-16-13-9/h5-6,11H,1-4H3,(H,12,13,15,16). The topological polar surface area (TPSA) is 127 Å². The van der Waals surface area contributed by atoms with Crippen molar-refractivity contribution in [2.45, 2.75) is 32.7 Å². The van der Waals surface area contributed by atoms with Crippen LogP contribution in [0.5, 0.6) is 0 Å². The van der Waals surface area contributed by atoms with Crippen LogP contribution in [0, 0.1) is 10.1 Å². The molecule has 10 nitrogen and oxygen atoms in total. The van der Waals surface area contributed by atoms with Crippen molar-refractivity contribution in [2.75, 3.05) is 5.32 Å². The van der Waals surface area contributed by atoms with Crippen molar-refractivity contribution in [1.82, 2.24) is 30.4 Å². The lowest BCUT2D eigenvalue weighted by atomic mass is 10.1. The van der Waals surface area contributed by atoms with Gasteiger partial charge in [-0.25, -0.2) is 4.68 Å². The molecule has 2 heterocycles. The number of anilines is 1. The van der Waals surface area contributed by atoms with E-state index in [4.69, 9.17) is 0 Å². The third-order valence-corrected chi connectivity index (χ3v) is 2.88. The van der Waals surface area contributed by atoms with Crippen LogP contribution in [0.3, 0.4) is 0 Å². The molecule has 0 aliphatic rings. The maximum atomic E-state index is 11.3. The summed E-state index contributed by atoms with van der Waals surface area (Å²) < 4.78 is 1.46. The van der Waals surface area contributed by atoms with Crippen LogP contribution in [-0.2, 0) is 7.05 Å². The summed E-state index contributed by atoms with van der Waals surface area (Å²) in [6.45, 7) is 5.51. The molecule has 0 radical (unpaired) electrons. The molecular weight excluding hydrogens is 264 g/mol. The molecule has 108 valence electrons. The van der Waals surface area contributed by atoms with Gasteiger partial charge in [-0.2, -0.15) is 10.3 Å². The number of aromatic amines is 1. The van der Waals surface area contributed by atoms with Gasteiger partial charge in [0.25, 0.3) is 0 Å². The molecule has 0 fully saturated rings. The third-order valence-electron chi connectivity index (χ3n) is 2.88. The largest absolute Gasteiger partial charge is 0.355 e. The summed E-state index contributed by atoms with van der Waals surface area (Å²) in [6.07, 6.45) is 0. The van der Waals surface area contributed by atoms with Gasteiger partial charge in [-0.1, -0.05) is 19.1 Å². The molecule has 0 bridgehead atoms. The van der Waals surface area contributed by atoms with Crippen LogP contribution in [0.25, 0.3) is 0 Å². The van der Waals surface area contributed by atoms with Gasteiger partial charge in [0.05, 0.1) is 11.0 Å². The molecule has 2 rings (SSSR count). The minimum absolute atomic E-state index is 0.0159. The van der Waals surface area contributed by atoms with Crippen LogP contribution in [0.4, 0.5) is 11.5 Å². The van der Waals surface area contributed by atoms with Crippen LogP contribution >= 0.6 is 0 Å². The summed E-state index contributed by atoms with van der Waals surface area (Å²) in [5.41, 5.74) is 0.429. The SMILES string of the molecule is CC(C)c1nn(C)c(NC(C)c2nn[nH]n2)c1[N+](=O)[O-]. The summed E-state index contributed by atoms with van der Waals surface area (Å²) >= 11 is 0. The molecule has 0 aliphatic heterocycles. The van der Waals surface area contributed by atoms with Gasteiger partial charge in [0.15, 0.2) is 5.82 Å². The highest BCUT2D eigenvalue weighted by Crippen LogP contribution is 2.34. The predicted molar refractivity (Wildman–Crippen MR) is 70.2 cm³/mol. The first kappa shape index (κ1) is 13.9. The minimum atomic E-state index is -0.423. The zero-order valence-electron chi connectivity index (χ0n) is 11.7. The average molecular weight is 280 g/mol. The average Bonchev–Trinajstić information content (AvgIpc) is 2.97. The number of nitrogens with one attached hydrogen (secondary N) is 2. The van der Waals surface area contributed by atoms with Crippen molar-refractivity contribution < 1.29 is 4.92 Å². The third kappa shape index (κ3) is 2.44. The Morgan fingerprint density at radius 3 is 2.60 bits per heavy atom. The Kier molecular flexibility index (Phi) is 3.63. The van der Waals surface area contributed by atoms with Gasteiger partial charge in [0.1, 0.15) is 5.69 Å². The minimum Gasteiger partial charge on any atom is -0.355 e. The molecule has 1 unspecified atom stereocenters. The zero-order valence-corrected chi connectivity index (χ0v) is 11.7. The first-order valence-corrected chi connectivity index (χ1v) is 6.13. The normalized spacial score (nSPS) is 12.7. The van der Waals surface area contributed by atoms with Gasteiger partial charge in [-0.3, -0.25) is 10.1 Å². The molecule has 2 aromatic heterocycles. The molecule has 0 amide bonds. The van der Waals surface area contributed by atoms with Crippen LogP contribution in [0.2, 0.25) is 0 Å². The number of H-pyrrole nitrogens is 1. The van der Waals surface area contributed by atoms with Gasteiger partial charge < -0.3 is 5.32 Å². The Bertz CT molecular complexity index is 603. The van der Waals surface area contributed by atoms with E-state index in [0.29, 0.717) is 17.3 Å². The number of aryl methyl sites for hydroxylation is 1. The van der Waals surface area contributed by atoms with Gasteiger partial charge in [-0.05, 0) is 6.92 Å². The Labute approximate surface area is 114 Å². The molecule has 0 aliphatic carbocycles. The van der Waals surface area contributed by atoms with E-state index in [1.165, 1.54) is 4.68 Å². The molecule has 0 spiro atoms. The number of aromatic nitrogens is 6. The highest BCUT2D eigenvalue weighted by Gasteiger charge is 2.29. The zero-order chi connectivity index (χ0) is 14.9. The van der Waals surface area contributed by atoms with Gasteiger partial charge >= 0.3 is 5.69 Å². The van der Waals surface area contributed by atoms with E-state index in [9.17, 15) is 10.1 Å². The van der Waals surface area contributed by atoms with E-state index in [-0.39, 0.29) is 17.6 Å². The summed E-state index contributed by atoms with van der Waals surface area (Å²) in [4.78, 5) is 10.9. The van der Waals surface area contributed by atoms with E-state index in [0.717, 1.165) is 0 Å². The van der Waals surface area contributed by atoms with E-state index in [1.54, 1.807) is 14.0 Å². The summed E-state index contributed by atoms with van der Waals surface area (Å²) in [7, 11) is 1.66. The maximum absolute atomic E-state index is 11.3. The molecule has 0 saturated heterocycles. The number of hydrogen-bond acceptors (Lipinski definition) is 7. The molecular formula is C10H16N8O2. The highest BCUT2D eigenvalue weighted by molar-refractivity contribution is 5.61. The van der Waals surface area contributed by atoms with Crippen LogP contribution < -0.4 is 5.32 Å². The second-order valence-electron chi connectivity index (χ2n) is 4.75. The quantitative estimate of drug-likeness (QED) is 0.620. The number of nitrogens with zero attached hydrogens (tertiary/aromatic N) is 6. The lowest BCUT2D eigenvalue weighted by Crippen LogP contribution is -2.12. The Morgan fingerprint density at radius 2 is 2.10 bits per heavy atom. The fourth-order valence-corrected chi connectivity index (χ4v) is 1.89. The van der Waals surface area contributed by atoms with Crippen molar-refractivity contribution >= 4 is 11.5 Å². The molecule has 2 aromatic rings. The van der Waals surface area contributed by atoms with Gasteiger partial charge in [0, 0.05) is 13.0 Å². The second kappa shape index (κ2) is 5.23. The van der Waals surface area contributed by atoms with Crippen molar-refractivity contribution in [3.63, 3.8) is 0 Å². The molecule has 2 N–H and O–H groups in total. The first-order valence-electron chi connectivity index (χ1n) is 6.13. The van der Waals surface area contributed by atoms with Crippen LogP contribution in [0.1, 0.15) is 44.2 Å². The molecule has 0 aromatic carbocycles. The van der Waals surface area contributed by atoms with E-state index in [1.807, 2.05) is 13.8 Å². The molecule has 20 heavy (non-hydrogen) atoms. The molecule has 1 atom stereocenters. The summed E-state index contributed by atoms with van der Waals surface area (Å²) in [6, 6.07) is -0.331. The van der Waals surface area contributed by atoms with Crippen molar-refractivity contribution in [3.8, 4) is 0 Å². The second-order valence-corrected chi connectivity index (χ2v) is 4.75. The smallest absolute Gasteiger partial charge is 0.334 e. The number of rotatable bonds is 5. The summed E-state index contributed by atoms with van der Waals surface area (Å²) in [5.74, 6) is 0.709. The van der Waals surface area contributed by atoms with E-state index < -0.39 is 4.92 Å². The van der Waals surface area contributed by atoms with Gasteiger partial charge in [0.2, 0.25) is 5.82 Å². The number of tetrazole rings is 1. The Balaban J connectivity index is 2.38. The summed E-state index contributed by atoms with van der Waals surface area (Å²) in [5, 5.41) is 32.0. The molecule has 10 heteroatoms. The fourth-order valence-electron chi connectivity index (χ4n) is 1.89. The van der Waals surface area contributed by atoms with Crippen LogP contribution in [-0.4, -0.2) is 35.3 Å². The molecule has 0 saturated carbocycles. The van der Waals surface area contributed by atoms with Crippen LogP contribution in [0.15, 0.2) is 0 Å². The van der Waals surface area contributed by atoms with Crippen molar-refractivity contribution in [3.05, 3.63) is 21.6 Å². The van der Waals surface area contributed by atoms with Gasteiger partial charge in [-0.15, -0.1) is 10.2 Å².